The summed E-state index contributed by atoms with van der Waals surface area (Å²) in [6, 6.07) is 15.7. The molecule has 0 saturated heterocycles. The van der Waals surface area contributed by atoms with E-state index in [2.05, 4.69) is 5.32 Å². The second kappa shape index (κ2) is 11.3. The van der Waals surface area contributed by atoms with Gasteiger partial charge in [0.2, 0.25) is 0 Å². The first-order valence-electron chi connectivity index (χ1n) is 9.52. The van der Waals surface area contributed by atoms with E-state index in [-0.39, 0.29) is 11.3 Å². The van der Waals surface area contributed by atoms with Crippen LogP contribution < -0.4 is 10.2 Å². The van der Waals surface area contributed by atoms with Crippen molar-refractivity contribution in [3.8, 4) is 6.07 Å². The fourth-order valence-corrected chi connectivity index (χ4v) is 2.78. The fourth-order valence-electron chi connectivity index (χ4n) is 2.78. The average molecular weight is 408 g/mol. The summed E-state index contributed by atoms with van der Waals surface area (Å²) in [5, 5.41) is 23.6. The fraction of sp³-hybridized carbons (Fsp3) is 0.273. The zero-order valence-corrected chi connectivity index (χ0v) is 17.0. The lowest BCUT2D eigenvalue weighted by Crippen LogP contribution is -2.26. The van der Waals surface area contributed by atoms with E-state index in [0.717, 1.165) is 5.69 Å². The van der Waals surface area contributed by atoms with Crippen LogP contribution in [0.25, 0.3) is 6.08 Å². The summed E-state index contributed by atoms with van der Waals surface area (Å²) in [4.78, 5) is 25.1. The summed E-state index contributed by atoms with van der Waals surface area (Å²) in [6.07, 6.45) is 1.97. The summed E-state index contributed by atoms with van der Waals surface area (Å²) < 4.78 is 5.20. The molecule has 156 valence electrons. The van der Waals surface area contributed by atoms with Crippen molar-refractivity contribution in [2.45, 2.75) is 13.3 Å². The van der Waals surface area contributed by atoms with Crippen LogP contribution in [0.2, 0.25) is 0 Å². The van der Waals surface area contributed by atoms with Crippen molar-refractivity contribution in [2.24, 2.45) is 0 Å². The number of rotatable bonds is 10. The number of nitro groups is 1. The minimum absolute atomic E-state index is 0.120. The molecule has 0 bridgehead atoms. The first-order valence-corrected chi connectivity index (χ1v) is 9.52. The molecule has 2 aromatic rings. The molecular weight excluding hydrogens is 384 g/mol. The Morgan fingerprint density at radius 2 is 2.03 bits per heavy atom. The van der Waals surface area contributed by atoms with Crippen LogP contribution in [-0.2, 0) is 9.53 Å². The van der Waals surface area contributed by atoms with Gasteiger partial charge in [0.05, 0.1) is 4.92 Å². The number of nitro benzene ring substituents is 1. The molecule has 0 atom stereocenters. The minimum Gasteiger partial charge on any atom is -0.382 e. The van der Waals surface area contributed by atoms with Crippen molar-refractivity contribution in [3.05, 3.63) is 69.8 Å². The number of carbonyl (C=O) groups excluding carboxylic acids is 1. The SMILES string of the molecule is CCOCCCNC(=O)/C(C#N)=C/c1ccc(N(C)c2ccccc2)c([N+](=O)[O-])c1. The smallest absolute Gasteiger partial charge is 0.293 e. The maximum absolute atomic E-state index is 12.2. The predicted octanol–water partition coefficient (Wildman–Crippen LogP) is 3.81. The molecule has 0 fully saturated rings. The van der Waals surface area contributed by atoms with Gasteiger partial charge in [0.1, 0.15) is 17.3 Å². The van der Waals surface area contributed by atoms with Gasteiger partial charge < -0.3 is 15.0 Å². The number of hydrogen-bond donors (Lipinski definition) is 1. The molecule has 0 saturated carbocycles. The Bertz CT molecular complexity index is 951. The van der Waals surface area contributed by atoms with Crippen molar-refractivity contribution in [3.63, 3.8) is 0 Å². The van der Waals surface area contributed by atoms with E-state index in [1.807, 2.05) is 43.3 Å². The summed E-state index contributed by atoms with van der Waals surface area (Å²) >= 11 is 0. The third kappa shape index (κ3) is 6.15. The number of nitrogens with one attached hydrogen (secondary N) is 1. The van der Waals surface area contributed by atoms with Crippen LogP contribution >= 0.6 is 0 Å². The lowest BCUT2D eigenvalue weighted by molar-refractivity contribution is -0.384. The third-order valence-corrected chi connectivity index (χ3v) is 4.33. The van der Waals surface area contributed by atoms with Gasteiger partial charge >= 0.3 is 0 Å². The Morgan fingerprint density at radius 1 is 1.30 bits per heavy atom. The molecule has 0 aliphatic carbocycles. The van der Waals surface area contributed by atoms with Crippen LogP contribution in [-0.4, -0.2) is 37.6 Å². The third-order valence-electron chi connectivity index (χ3n) is 4.33. The standard InChI is InChI=1S/C22H24N4O4/c1-3-30-13-7-12-24-22(27)18(16-23)14-17-10-11-20(21(15-17)26(28)29)25(2)19-8-5-4-6-9-19/h4-6,8-11,14-15H,3,7,12-13H2,1-2H3,(H,24,27)/b18-14+. The van der Waals surface area contributed by atoms with E-state index in [1.54, 1.807) is 24.1 Å². The van der Waals surface area contributed by atoms with Gasteiger partial charge in [-0.1, -0.05) is 24.3 Å². The molecule has 1 N–H and O–H groups in total. The zero-order valence-electron chi connectivity index (χ0n) is 17.0. The van der Waals surface area contributed by atoms with E-state index >= 15 is 0 Å². The second-order valence-electron chi connectivity index (χ2n) is 6.38. The van der Waals surface area contributed by atoms with E-state index in [9.17, 15) is 20.2 Å². The van der Waals surface area contributed by atoms with Crippen LogP contribution in [0.1, 0.15) is 18.9 Å². The number of nitrogens with zero attached hydrogens (tertiary/aromatic N) is 3. The van der Waals surface area contributed by atoms with Crippen molar-refractivity contribution >= 4 is 29.0 Å². The molecule has 8 heteroatoms. The number of anilines is 2. The molecule has 1 amide bonds. The van der Waals surface area contributed by atoms with E-state index in [1.165, 1.54) is 12.1 Å². The Balaban J connectivity index is 2.23. The highest BCUT2D eigenvalue weighted by molar-refractivity contribution is 6.01. The molecular formula is C22H24N4O4. The minimum atomic E-state index is -0.526. The number of nitriles is 1. The van der Waals surface area contributed by atoms with Gasteiger partial charge in [0.15, 0.2) is 0 Å². The number of hydrogen-bond acceptors (Lipinski definition) is 6. The molecule has 30 heavy (non-hydrogen) atoms. The molecule has 0 radical (unpaired) electrons. The van der Waals surface area contributed by atoms with Crippen molar-refractivity contribution in [2.75, 3.05) is 31.7 Å². The monoisotopic (exact) mass is 408 g/mol. The summed E-state index contributed by atoms with van der Waals surface area (Å²) in [6.45, 7) is 3.38. The molecule has 0 aromatic heterocycles. The van der Waals surface area contributed by atoms with Crippen LogP contribution in [0.3, 0.4) is 0 Å². The summed E-state index contributed by atoms with van der Waals surface area (Å²) in [5.41, 5.74) is 1.36. The van der Waals surface area contributed by atoms with Gasteiger partial charge in [-0.2, -0.15) is 5.26 Å². The van der Waals surface area contributed by atoms with Crippen LogP contribution in [0.5, 0.6) is 0 Å². The molecule has 8 nitrogen and oxygen atoms in total. The zero-order chi connectivity index (χ0) is 21.9. The maximum Gasteiger partial charge on any atom is 0.293 e. The maximum atomic E-state index is 12.2. The molecule has 0 spiro atoms. The Hall–Kier alpha value is -3.70. The van der Waals surface area contributed by atoms with E-state index < -0.39 is 10.8 Å². The highest BCUT2D eigenvalue weighted by Gasteiger charge is 2.19. The topological polar surface area (TPSA) is 108 Å². The number of amides is 1. The van der Waals surface area contributed by atoms with E-state index in [4.69, 9.17) is 4.74 Å². The Kier molecular flexibility index (Phi) is 8.54. The highest BCUT2D eigenvalue weighted by atomic mass is 16.6. The van der Waals surface area contributed by atoms with Gasteiger partial charge in [-0.25, -0.2) is 0 Å². The molecule has 0 aliphatic rings. The van der Waals surface area contributed by atoms with Gasteiger partial charge in [0.25, 0.3) is 11.6 Å². The van der Waals surface area contributed by atoms with Crippen molar-refractivity contribution < 1.29 is 14.5 Å². The largest absolute Gasteiger partial charge is 0.382 e. The predicted molar refractivity (Wildman–Crippen MR) is 115 cm³/mol. The Morgan fingerprint density at radius 3 is 2.67 bits per heavy atom. The molecule has 0 unspecified atom stereocenters. The summed E-state index contributed by atoms with van der Waals surface area (Å²) in [7, 11) is 1.74. The second-order valence-corrected chi connectivity index (χ2v) is 6.38. The molecule has 0 heterocycles. The lowest BCUT2D eigenvalue weighted by atomic mass is 10.1. The number of benzene rings is 2. The van der Waals surface area contributed by atoms with Crippen LogP contribution in [0, 0.1) is 21.4 Å². The van der Waals surface area contributed by atoms with Gasteiger partial charge in [0, 0.05) is 38.6 Å². The first-order chi connectivity index (χ1) is 14.5. The van der Waals surface area contributed by atoms with Crippen molar-refractivity contribution in [1.82, 2.24) is 5.32 Å². The van der Waals surface area contributed by atoms with Gasteiger partial charge in [-0.15, -0.1) is 0 Å². The van der Waals surface area contributed by atoms with Crippen LogP contribution in [0.15, 0.2) is 54.1 Å². The Labute approximate surface area is 175 Å². The van der Waals surface area contributed by atoms with Crippen molar-refractivity contribution in [1.29, 1.82) is 5.26 Å². The van der Waals surface area contributed by atoms with E-state index in [0.29, 0.717) is 37.4 Å². The summed E-state index contributed by atoms with van der Waals surface area (Å²) in [5.74, 6) is -0.526. The highest BCUT2D eigenvalue weighted by Crippen LogP contribution is 2.33. The number of carbonyl (C=O) groups is 1. The average Bonchev–Trinajstić information content (AvgIpc) is 2.77. The normalized spacial score (nSPS) is 10.9. The van der Waals surface area contributed by atoms with Gasteiger partial charge in [-0.3, -0.25) is 14.9 Å². The molecule has 2 aromatic carbocycles. The van der Waals surface area contributed by atoms with Gasteiger partial charge in [-0.05, 0) is 43.2 Å². The number of ether oxygens (including phenoxy) is 1. The molecule has 2 rings (SSSR count). The first kappa shape index (κ1) is 22.6. The lowest BCUT2D eigenvalue weighted by Gasteiger charge is -2.19. The van der Waals surface area contributed by atoms with Crippen LogP contribution in [0.4, 0.5) is 17.1 Å². The molecule has 0 aliphatic heterocycles. The quantitative estimate of drug-likeness (QED) is 0.210. The number of para-hydroxylation sites is 1.